The molecule has 0 aliphatic heterocycles. The molecule has 72 valence electrons. The fourth-order valence-electron chi connectivity index (χ4n) is 1.29. The van der Waals surface area contributed by atoms with Crippen molar-refractivity contribution in [3.05, 3.63) is 30.1 Å². The van der Waals surface area contributed by atoms with Gasteiger partial charge in [-0.1, -0.05) is 20.8 Å². The Morgan fingerprint density at radius 3 is 2.50 bits per heavy atom. The van der Waals surface area contributed by atoms with Gasteiger partial charge < -0.3 is 0 Å². The smallest absolute Gasteiger partial charge is 0.111 e. The minimum atomic E-state index is 0.0808. The van der Waals surface area contributed by atoms with Crippen LogP contribution in [0.5, 0.6) is 0 Å². The standard InChI is InChI=1S/C11H13N3/c1-11(2,3)10-5-4-9-8(13-10)6-7-12-14-9/h4-7H,1-3H3. The van der Waals surface area contributed by atoms with Gasteiger partial charge in [0.1, 0.15) is 5.52 Å². The summed E-state index contributed by atoms with van der Waals surface area (Å²) in [7, 11) is 0. The van der Waals surface area contributed by atoms with Crippen LogP contribution in [0.3, 0.4) is 0 Å². The third-order valence-corrected chi connectivity index (χ3v) is 2.14. The Kier molecular flexibility index (Phi) is 1.95. The van der Waals surface area contributed by atoms with Crippen LogP contribution in [0.1, 0.15) is 26.5 Å². The molecule has 0 saturated carbocycles. The van der Waals surface area contributed by atoms with Crippen LogP contribution in [0.2, 0.25) is 0 Å². The fraction of sp³-hybridized carbons (Fsp3) is 0.364. The molecule has 0 spiro atoms. The van der Waals surface area contributed by atoms with Gasteiger partial charge in [0.25, 0.3) is 0 Å². The van der Waals surface area contributed by atoms with Gasteiger partial charge in [-0.3, -0.25) is 4.98 Å². The summed E-state index contributed by atoms with van der Waals surface area (Å²) in [6, 6.07) is 5.87. The highest BCUT2D eigenvalue weighted by molar-refractivity contribution is 5.73. The first kappa shape index (κ1) is 9.06. The molecule has 0 aromatic carbocycles. The van der Waals surface area contributed by atoms with Crippen molar-refractivity contribution in [1.29, 1.82) is 0 Å². The molecule has 0 atom stereocenters. The van der Waals surface area contributed by atoms with Crippen LogP contribution in [0.4, 0.5) is 0 Å². The summed E-state index contributed by atoms with van der Waals surface area (Å²) in [6.45, 7) is 6.45. The van der Waals surface area contributed by atoms with E-state index in [2.05, 4.69) is 36.0 Å². The van der Waals surface area contributed by atoms with Gasteiger partial charge in [-0.25, -0.2) is 0 Å². The van der Waals surface area contributed by atoms with Crippen LogP contribution in [0.15, 0.2) is 24.4 Å². The molecule has 2 aromatic heterocycles. The fourth-order valence-corrected chi connectivity index (χ4v) is 1.29. The van der Waals surface area contributed by atoms with E-state index < -0.39 is 0 Å². The quantitative estimate of drug-likeness (QED) is 0.635. The molecule has 14 heavy (non-hydrogen) atoms. The number of rotatable bonds is 0. The van der Waals surface area contributed by atoms with Crippen LogP contribution in [0, 0.1) is 0 Å². The van der Waals surface area contributed by atoms with Crippen molar-refractivity contribution in [2.45, 2.75) is 26.2 Å². The van der Waals surface area contributed by atoms with Crippen molar-refractivity contribution in [2.75, 3.05) is 0 Å². The highest BCUT2D eigenvalue weighted by Gasteiger charge is 2.15. The maximum Gasteiger partial charge on any atom is 0.111 e. The van der Waals surface area contributed by atoms with E-state index in [0.717, 1.165) is 16.7 Å². The van der Waals surface area contributed by atoms with E-state index in [-0.39, 0.29) is 5.41 Å². The normalized spacial score (nSPS) is 11.9. The average molecular weight is 187 g/mol. The Labute approximate surface area is 83.2 Å². The molecule has 2 rings (SSSR count). The predicted molar refractivity (Wildman–Crippen MR) is 56.0 cm³/mol. The first-order valence-corrected chi connectivity index (χ1v) is 4.66. The molecular weight excluding hydrogens is 174 g/mol. The van der Waals surface area contributed by atoms with Gasteiger partial charge in [-0.15, -0.1) is 5.10 Å². The summed E-state index contributed by atoms with van der Waals surface area (Å²) in [5.41, 5.74) is 2.92. The zero-order valence-corrected chi connectivity index (χ0v) is 8.65. The second-order valence-corrected chi connectivity index (χ2v) is 4.38. The van der Waals surface area contributed by atoms with Crippen molar-refractivity contribution < 1.29 is 0 Å². The monoisotopic (exact) mass is 187 g/mol. The molecule has 0 radical (unpaired) electrons. The number of fused-ring (bicyclic) bond motifs is 1. The van der Waals surface area contributed by atoms with Crippen LogP contribution >= 0.6 is 0 Å². The zero-order chi connectivity index (χ0) is 10.2. The molecule has 0 unspecified atom stereocenters. The molecule has 3 nitrogen and oxygen atoms in total. The van der Waals surface area contributed by atoms with E-state index in [1.807, 2.05) is 18.2 Å². The van der Waals surface area contributed by atoms with Gasteiger partial charge >= 0.3 is 0 Å². The Morgan fingerprint density at radius 2 is 1.79 bits per heavy atom. The van der Waals surface area contributed by atoms with Gasteiger partial charge in [0.05, 0.1) is 11.7 Å². The number of hydrogen-bond acceptors (Lipinski definition) is 3. The largest absolute Gasteiger partial charge is 0.251 e. The molecule has 0 amide bonds. The molecular formula is C11H13N3. The number of nitrogens with zero attached hydrogens (tertiary/aromatic N) is 3. The highest BCUT2D eigenvalue weighted by atomic mass is 15.1. The Balaban J connectivity index is 2.63. The van der Waals surface area contributed by atoms with Crippen LogP contribution in [-0.4, -0.2) is 15.2 Å². The second-order valence-electron chi connectivity index (χ2n) is 4.38. The molecule has 0 saturated heterocycles. The SMILES string of the molecule is CC(C)(C)c1ccc2nnccc2n1. The van der Waals surface area contributed by atoms with Gasteiger partial charge in [0.2, 0.25) is 0 Å². The molecule has 3 heteroatoms. The van der Waals surface area contributed by atoms with Crippen LogP contribution in [0.25, 0.3) is 11.0 Å². The van der Waals surface area contributed by atoms with E-state index in [4.69, 9.17) is 0 Å². The lowest BCUT2D eigenvalue weighted by Gasteiger charge is -2.17. The summed E-state index contributed by atoms with van der Waals surface area (Å²) in [4.78, 5) is 4.54. The molecule has 0 aliphatic carbocycles. The number of hydrogen-bond donors (Lipinski definition) is 0. The summed E-state index contributed by atoms with van der Waals surface area (Å²) < 4.78 is 0. The average Bonchev–Trinajstić information content (AvgIpc) is 2.16. The summed E-state index contributed by atoms with van der Waals surface area (Å²) in [5.74, 6) is 0. The second kappa shape index (κ2) is 3.01. The highest BCUT2D eigenvalue weighted by Crippen LogP contribution is 2.21. The van der Waals surface area contributed by atoms with Gasteiger partial charge in [-0.2, -0.15) is 5.10 Å². The minimum Gasteiger partial charge on any atom is -0.251 e. The van der Waals surface area contributed by atoms with E-state index in [9.17, 15) is 0 Å². The first-order valence-electron chi connectivity index (χ1n) is 4.66. The maximum atomic E-state index is 4.54. The molecule has 0 fully saturated rings. The predicted octanol–water partition coefficient (Wildman–Crippen LogP) is 2.32. The molecule has 0 N–H and O–H groups in total. The zero-order valence-electron chi connectivity index (χ0n) is 8.65. The van der Waals surface area contributed by atoms with Crippen LogP contribution < -0.4 is 0 Å². The summed E-state index contributed by atoms with van der Waals surface area (Å²) in [6.07, 6.45) is 1.67. The van der Waals surface area contributed by atoms with Crippen molar-refractivity contribution in [2.24, 2.45) is 0 Å². The van der Waals surface area contributed by atoms with Crippen molar-refractivity contribution >= 4 is 11.0 Å². The number of aromatic nitrogens is 3. The van der Waals surface area contributed by atoms with E-state index >= 15 is 0 Å². The van der Waals surface area contributed by atoms with Crippen LogP contribution in [-0.2, 0) is 5.41 Å². The lowest BCUT2D eigenvalue weighted by Crippen LogP contribution is -2.13. The third kappa shape index (κ3) is 1.58. The van der Waals surface area contributed by atoms with Crippen molar-refractivity contribution in [3.8, 4) is 0 Å². The lowest BCUT2D eigenvalue weighted by molar-refractivity contribution is 0.571. The van der Waals surface area contributed by atoms with E-state index in [0.29, 0.717) is 0 Å². The first-order chi connectivity index (χ1) is 6.57. The van der Waals surface area contributed by atoms with Gasteiger partial charge in [0, 0.05) is 11.1 Å². The van der Waals surface area contributed by atoms with Crippen molar-refractivity contribution in [1.82, 2.24) is 15.2 Å². The van der Waals surface area contributed by atoms with Crippen molar-refractivity contribution in [3.63, 3.8) is 0 Å². The lowest BCUT2D eigenvalue weighted by atomic mass is 9.91. The third-order valence-electron chi connectivity index (χ3n) is 2.14. The Morgan fingerprint density at radius 1 is 1.00 bits per heavy atom. The topological polar surface area (TPSA) is 38.7 Å². The summed E-state index contributed by atoms with van der Waals surface area (Å²) >= 11 is 0. The van der Waals surface area contributed by atoms with Gasteiger partial charge in [0.15, 0.2) is 0 Å². The van der Waals surface area contributed by atoms with Gasteiger partial charge in [-0.05, 0) is 18.2 Å². The Bertz CT molecular complexity index is 457. The summed E-state index contributed by atoms with van der Waals surface area (Å²) in [5, 5.41) is 7.81. The molecule has 0 aliphatic rings. The van der Waals surface area contributed by atoms with E-state index in [1.165, 1.54) is 0 Å². The Hall–Kier alpha value is -1.51. The molecule has 2 aromatic rings. The molecule has 2 heterocycles. The number of pyridine rings is 1. The molecule has 0 bridgehead atoms. The minimum absolute atomic E-state index is 0.0808. The van der Waals surface area contributed by atoms with E-state index in [1.54, 1.807) is 6.20 Å². The maximum absolute atomic E-state index is 4.54.